The fourth-order valence-electron chi connectivity index (χ4n) is 2.35. The first-order valence-corrected chi connectivity index (χ1v) is 6.10. The topological polar surface area (TPSA) is 71.2 Å². The molecule has 3 rings (SSSR count). The van der Waals surface area contributed by atoms with Gasteiger partial charge in [-0.15, -0.1) is 0 Å². The highest BCUT2D eigenvalue weighted by molar-refractivity contribution is 5.94. The van der Waals surface area contributed by atoms with Gasteiger partial charge in [-0.05, 0) is 13.0 Å². The van der Waals surface area contributed by atoms with Gasteiger partial charge in [0.05, 0.1) is 12.2 Å². The zero-order valence-corrected chi connectivity index (χ0v) is 10.6. The van der Waals surface area contributed by atoms with E-state index in [2.05, 4.69) is 14.5 Å². The minimum Gasteiger partial charge on any atom is -0.478 e. The summed E-state index contributed by atoms with van der Waals surface area (Å²) in [6.45, 7) is 4.07. The van der Waals surface area contributed by atoms with Crippen LogP contribution in [0.5, 0.6) is 0 Å². The second kappa shape index (κ2) is 4.38. The van der Waals surface area contributed by atoms with E-state index < -0.39 is 5.97 Å². The number of rotatable bonds is 2. The van der Waals surface area contributed by atoms with E-state index in [9.17, 15) is 9.90 Å². The molecule has 0 saturated heterocycles. The van der Waals surface area contributed by atoms with Crippen molar-refractivity contribution in [2.75, 3.05) is 11.4 Å². The minimum atomic E-state index is -0.948. The Hall–Kier alpha value is -2.37. The highest BCUT2D eigenvalue weighted by Crippen LogP contribution is 2.24. The molecule has 19 heavy (non-hydrogen) atoms. The molecule has 6 nitrogen and oxygen atoms in total. The lowest BCUT2D eigenvalue weighted by atomic mass is 10.1. The van der Waals surface area contributed by atoms with E-state index in [-0.39, 0.29) is 5.56 Å². The van der Waals surface area contributed by atoms with Gasteiger partial charge in [0, 0.05) is 37.4 Å². The van der Waals surface area contributed by atoms with E-state index >= 15 is 0 Å². The molecule has 1 N–H and O–H groups in total. The largest absolute Gasteiger partial charge is 0.478 e. The smallest absolute Gasteiger partial charge is 0.339 e. The third-order valence-electron chi connectivity index (χ3n) is 3.33. The van der Waals surface area contributed by atoms with Crippen molar-refractivity contribution in [3.63, 3.8) is 0 Å². The van der Waals surface area contributed by atoms with Crippen molar-refractivity contribution < 1.29 is 9.90 Å². The number of fused-ring (bicyclic) bond motifs is 1. The first-order chi connectivity index (χ1) is 9.15. The molecule has 2 aromatic heterocycles. The number of aromatic carboxylic acids is 1. The number of anilines is 1. The molecule has 0 bridgehead atoms. The van der Waals surface area contributed by atoms with Crippen LogP contribution in [-0.4, -0.2) is 32.2 Å². The average Bonchev–Trinajstić information content (AvgIpc) is 2.85. The van der Waals surface area contributed by atoms with Crippen molar-refractivity contribution in [2.45, 2.75) is 20.0 Å². The van der Waals surface area contributed by atoms with Crippen molar-refractivity contribution in [3.05, 3.63) is 41.7 Å². The van der Waals surface area contributed by atoms with Crippen LogP contribution in [0.1, 0.15) is 21.9 Å². The quantitative estimate of drug-likeness (QED) is 0.879. The number of carboxylic acids is 1. The first kappa shape index (κ1) is 11.7. The summed E-state index contributed by atoms with van der Waals surface area (Å²) in [4.78, 5) is 21.7. The SMILES string of the molecule is Cc1cc(N2CCn3ccnc3C2)c(C(=O)O)cn1. The highest BCUT2D eigenvalue weighted by Gasteiger charge is 2.21. The average molecular weight is 258 g/mol. The molecular formula is C13H14N4O2. The van der Waals surface area contributed by atoms with Gasteiger partial charge in [0.15, 0.2) is 0 Å². The van der Waals surface area contributed by atoms with Gasteiger partial charge in [-0.25, -0.2) is 9.78 Å². The summed E-state index contributed by atoms with van der Waals surface area (Å²) in [5.41, 5.74) is 1.77. The van der Waals surface area contributed by atoms with Gasteiger partial charge in [0.25, 0.3) is 0 Å². The van der Waals surface area contributed by atoms with Crippen LogP contribution in [0.4, 0.5) is 5.69 Å². The third-order valence-corrected chi connectivity index (χ3v) is 3.33. The summed E-state index contributed by atoms with van der Waals surface area (Å²) >= 11 is 0. The predicted octanol–water partition coefficient (Wildman–Crippen LogP) is 1.30. The molecule has 1 aliphatic rings. The van der Waals surface area contributed by atoms with Crippen molar-refractivity contribution >= 4 is 11.7 Å². The highest BCUT2D eigenvalue weighted by atomic mass is 16.4. The molecule has 0 aromatic carbocycles. The number of nitrogens with zero attached hydrogens (tertiary/aromatic N) is 4. The Labute approximate surface area is 110 Å². The molecule has 0 atom stereocenters. The molecule has 0 spiro atoms. The van der Waals surface area contributed by atoms with Gasteiger partial charge in [0.2, 0.25) is 0 Å². The molecule has 6 heteroatoms. The maximum Gasteiger partial charge on any atom is 0.339 e. The van der Waals surface area contributed by atoms with Crippen LogP contribution in [0.2, 0.25) is 0 Å². The van der Waals surface area contributed by atoms with Gasteiger partial charge >= 0.3 is 5.97 Å². The number of carboxylic acid groups (broad SMARTS) is 1. The summed E-state index contributed by atoms with van der Waals surface area (Å²) < 4.78 is 2.09. The van der Waals surface area contributed by atoms with Crippen LogP contribution >= 0.6 is 0 Å². The molecule has 98 valence electrons. The van der Waals surface area contributed by atoms with Crippen LogP contribution in [0, 0.1) is 6.92 Å². The number of imidazole rings is 1. The Kier molecular flexibility index (Phi) is 2.70. The van der Waals surface area contributed by atoms with Gasteiger partial charge < -0.3 is 14.6 Å². The van der Waals surface area contributed by atoms with E-state index in [0.29, 0.717) is 12.2 Å². The molecule has 0 aliphatic carbocycles. The number of aromatic nitrogens is 3. The number of hydrogen-bond acceptors (Lipinski definition) is 4. The van der Waals surface area contributed by atoms with Crippen LogP contribution in [0.25, 0.3) is 0 Å². The van der Waals surface area contributed by atoms with Crippen molar-refractivity contribution in [2.24, 2.45) is 0 Å². The van der Waals surface area contributed by atoms with Crippen molar-refractivity contribution in [1.82, 2.24) is 14.5 Å². The van der Waals surface area contributed by atoms with Crippen molar-refractivity contribution in [3.8, 4) is 0 Å². The van der Waals surface area contributed by atoms with Gasteiger partial charge in [-0.3, -0.25) is 4.98 Å². The number of hydrogen-bond donors (Lipinski definition) is 1. The Morgan fingerprint density at radius 2 is 2.21 bits per heavy atom. The van der Waals surface area contributed by atoms with E-state index in [1.807, 2.05) is 24.1 Å². The zero-order valence-electron chi connectivity index (χ0n) is 10.6. The third kappa shape index (κ3) is 2.05. The molecule has 0 amide bonds. The molecule has 0 radical (unpaired) electrons. The van der Waals surface area contributed by atoms with Crippen LogP contribution in [-0.2, 0) is 13.1 Å². The minimum absolute atomic E-state index is 0.241. The first-order valence-electron chi connectivity index (χ1n) is 6.10. The molecule has 0 unspecified atom stereocenters. The van der Waals surface area contributed by atoms with Gasteiger partial charge in [-0.2, -0.15) is 0 Å². The standard InChI is InChI=1S/C13H14N4O2/c1-9-6-11(10(7-15-9)13(18)19)17-5-4-16-3-2-14-12(16)8-17/h2-3,6-7H,4-5,8H2,1H3,(H,18,19). The van der Waals surface area contributed by atoms with E-state index in [0.717, 1.165) is 24.6 Å². The fourth-order valence-corrected chi connectivity index (χ4v) is 2.35. The summed E-state index contributed by atoms with van der Waals surface area (Å²) in [6, 6.07) is 1.82. The van der Waals surface area contributed by atoms with Crippen LogP contribution < -0.4 is 4.90 Å². The number of carbonyl (C=O) groups is 1. The molecule has 0 fully saturated rings. The van der Waals surface area contributed by atoms with E-state index in [4.69, 9.17) is 0 Å². The number of aryl methyl sites for hydroxylation is 1. The Bertz CT molecular complexity index is 635. The summed E-state index contributed by atoms with van der Waals surface area (Å²) in [6.07, 6.45) is 5.14. The molecule has 3 heterocycles. The Morgan fingerprint density at radius 1 is 1.37 bits per heavy atom. The van der Waals surface area contributed by atoms with Crippen molar-refractivity contribution in [1.29, 1.82) is 0 Å². The second-order valence-corrected chi connectivity index (χ2v) is 4.61. The van der Waals surface area contributed by atoms with Crippen LogP contribution in [0.15, 0.2) is 24.7 Å². The fraction of sp³-hybridized carbons (Fsp3) is 0.308. The summed E-state index contributed by atoms with van der Waals surface area (Å²) in [5.74, 6) is 0.00784. The lowest BCUT2D eigenvalue weighted by Gasteiger charge is -2.30. The Morgan fingerprint density at radius 3 is 3.00 bits per heavy atom. The zero-order chi connectivity index (χ0) is 13.4. The molecule has 2 aromatic rings. The lowest BCUT2D eigenvalue weighted by Crippen LogP contribution is -2.34. The number of pyridine rings is 1. The maximum atomic E-state index is 11.3. The maximum absolute atomic E-state index is 11.3. The molecule has 1 aliphatic heterocycles. The second-order valence-electron chi connectivity index (χ2n) is 4.61. The summed E-state index contributed by atoms with van der Waals surface area (Å²) in [7, 11) is 0. The molecule has 0 saturated carbocycles. The summed E-state index contributed by atoms with van der Waals surface area (Å²) in [5, 5.41) is 9.25. The van der Waals surface area contributed by atoms with E-state index in [1.54, 1.807) is 6.20 Å². The predicted molar refractivity (Wildman–Crippen MR) is 69.2 cm³/mol. The van der Waals surface area contributed by atoms with Crippen LogP contribution in [0.3, 0.4) is 0 Å². The normalized spacial score (nSPS) is 14.3. The lowest BCUT2D eigenvalue weighted by molar-refractivity contribution is 0.0697. The van der Waals surface area contributed by atoms with Gasteiger partial charge in [0.1, 0.15) is 11.4 Å². The van der Waals surface area contributed by atoms with Gasteiger partial charge in [-0.1, -0.05) is 0 Å². The van der Waals surface area contributed by atoms with E-state index in [1.165, 1.54) is 6.20 Å². The monoisotopic (exact) mass is 258 g/mol. The molecular weight excluding hydrogens is 244 g/mol. The Balaban J connectivity index is 1.99.